The summed E-state index contributed by atoms with van der Waals surface area (Å²) in [4.78, 5) is 0. The predicted octanol–water partition coefficient (Wildman–Crippen LogP) is 3.06. The van der Waals surface area contributed by atoms with E-state index in [1.54, 1.807) is 0 Å². The number of aryl methyl sites for hydroxylation is 1. The van der Waals surface area contributed by atoms with Crippen molar-refractivity contribution in [3.63, 3.8) is 0 Å². The first-order chi connectivity index (χ1) is 7.24. The van der Waals surface area contributed by atoms with Gasteiger partial charge in [-0.3, -0.25) is 0 Å². The fraction of sp³-hybridized carbons (Fsp3) is 0.429. The molecule has 0 aliphatic rings. The molecule has 0 amide bonds. The molecule has 1 aromatic rings. The smallest absolute Gasteiger partial charge is 0.0292 e. The second-order valence-corrected chi connectivity index (χ2v) is 3.76. The van der Waals surface area contributed by atoms with Crippen LogP contribution in [0.25, 0.3) is 0 Å². The maximum Gasteiger partial charge on any atom is 0.0292 e. The van der Waals surface area contributed by atoms with Gasteiger partial charge in [0.2, 0.25) is 0 Å². The Morgan fingerprint density at radius 1 is 1.27 bits per heavy atom. The monoisotopic (exact) mass is 201 g/mol. The molecule has 1 rings (SSSR count). The molecule has 1 nitrogen and oxygen atoms in total. The zero-order valence-electron chi connectivity index (χ0n) is 9.80. The molecule has 80 valence electrons. The highest BCUT2D eigenvalue weighted by Crippen LogP contribution is 2.12. The van der Waals surface area contributed by atoms with E-state index in [2.05, 4.69) is 55.3 Å². The lowest BCUT2D eigenvalue weighted by atomic mass is 10.1. The van der Waals surface area contributed by atoms with Gasteiger partial charge in [-0.1, -0.05) is 29.8 Å². The molecule has 0 saturated carbocycles. The Balaban J connectivity index is 2.41. The van der Waals surface area contributed by atoms with Gasteiger partial charge in [-0.2, -0.15) is 0 Å². The van der Waals surface area contributed by atoms with Gasteiger partial charge in [0.25, 0.3) is 0 Å². The highest BCUT2D eigenvalue weighted by molar-refractivity contribution is 5.23. The van der Waals surface area contributed by atoms with Gasteiger partial charge in [-0.05, 0) is 26.3 Å². The van der Waals surface area contributed by atoms with E-state index in [4.69, 9.17) is 0 Å². The minimum atomic E-state index is 0.407. The molecule has 0 bridgehead atoms. The lowest BCUT2D eigenvalue weighted by molar-refractivity contribution is 0.584. The zero-order chi connectivity index (χ0) is 11.1. The van der Waals surface area contributed by atoms with Crippen molar-refractivity contribution in [2.24, 2.45) is 0 Å². The molecule has 0 heterocycles. The lowest BCUT2D eigenvalue weighted by Crippen LogP contribution is -2.19. The first kappa shape index (κ1) is 11.8. The molecule has 0 fully saturated rings. The minimum absolute atomic E-state index is 0.407. The quantitative estimate of drug-likeness (QED) is 0.583. The van der Waals surface area contributed by atoms with E-state index >= 15 is 0 Å². The molecule has 0 aliphatic carbocycles. The van der Waals surface area contributed by atoms with Crippen molar-refractivity contribution in [3.8, 4) is 11.8 Å². The minimum Gasteiger partial charge on any atom is -0.309 e. The van der Waals surface area contributed by atoms with Crippen LogP contribution in [-0.2, 0) is 0 Å². The number of benzene rings is 1. The summed E-state index contributed by atoms with van der Waals surface area (Å²) in [6.07, 6.45) is 0.923. The van der Waals surface area contributed by atoms with Gasteiger partial charge in [0, 0.05) is 19.0 Å². The third-order valence-corrected chi connectivity index (χ3v) is 2.45. The predicted molar refractivity (Wildman–Crippen MR) is 65.7 cm³/mol. The Labute approximate surface area is 92.9 Å². The van der Waals surface area contributed by atoms with Crippen LogP contribution in [0.3, 0.4) is 0 Å². The van der Waals surface area contributed by atoms with E-state index in [1.165, 1.54) is 11.1 Å². The summed E-state index contributed by atoms with van der Waals surface area (Å²) in [5, 5.41) is 3.45. The maximum absolute atomic E-state index is 3.45. The van der Waals surface area contributed by atoms with Gasteiger partial charge in [-0.15, -0.1) is 11.8 Å². The SMILES string of the molecule is CC#CCCN[C@@H](C)c1ccc(C)cc1. The van der Waals surface area contributed by atoms with Gasteiger partial charge < -0.3 is 5.32 Å². The maximum atomic E-state index is 3.45. The Morgan fingerprint density at radius 2 is 1.93 bits per heavy atom. The normalized spacial score (nSPS) is 11.7. The third kappa shape index (κ3) is 4.18. The van der Waals surface area contributed by atoms with Crippen molar-refractivity contribution < 1.29 is 0 Å². The van der Waals surface area contributed by atoms with Crippen LogP contribution in [0.4, 0.5) is 0 Å². The van der Waals surface area contributed by atoms with E-state index in [9.17, 15) is 0 Å². The Hall–Kier alpha value is -1.26. The molecular formula is C14H19N. The molecule has 1 N–H and O–H groups in total. The van der Waals surface area contributed by atoms with Crippen LogP contribution in [0.15, 0.2) is 24.3 Å². The lowest BCUT2D eigenvalue weighted by Gasteiger charge is -2.13. The van der Waals surface area contributed by atoms with Crippen LogP contribution in [0, 0.1) is 18.8 Å². The number of hydrogen-bond acceptors (Lipinski definition) is 1. The van der Waals surface area contributed by atoms with Crippen LogP contribution >= 0.6 is 0 Å². The molecule has 1 heteroatoms. The van der Waals surface area contributed by atoms with Gasteiger partial charge in [0.05, 0.1) is 0 Å². The molecule has 0 aliphatic heterocycles. The van der Waals surface area contributed by atoms with Gasteiger partial charge in [0.1, 0.15) is 0 Å². The zero-order valence-corrected chi connectivity index (χ0v) is 9.80. The number of hydrogen-bond donors (Lipinski definition) is 1. The third-order valence-electron chi connectivity index (χ3n) is 2.45. The second-order valence-electron chi connectivity index (χ2n) is 3.76. The number of rotatable bonds is 4. The average Bonchev–Trinajstić information content (AvgIpc) is 2.25. The highest BCUT2D eigenvalue weighted by atomic mass is 14.9. The Kier molecular flexibility index (Phi) is 4.93. The summed E-state index contributed by atoms with van der Waals surface area (Å²) in [6, 6.07) is 9.07. The summed E-state index contributed by atoms with van der Waals surface area (Å²) in [6.45, 7) is 7.13. The molecule has 15 heavy (non-hydrogen) atoms. The Bertz CT molecular complexity index is 340. The second kappa shape index (κ2) is 6.27. The molecule has 0 unspecified atom stereocenters. The molecule has 0 radical (unpaired) electrons. The average molecular weight is 201 g/mol. The van der Waals surface area contributed by atoms with Crippen LogP contribution in [0.2, 0.25) is 0 Å². The highest BCUT2D eigenvalue weighted by Gasteiger charge is 2.02. The molecule has 1 aromatic carbocycles. The van der Waals surface area contributed by atoms with Crippen LogP contribution in [0.5, 0.6) is 0 Å². The van der Waals surface area contributed by atoms with E-state index in [-0.39, 0.29) is 0 Å². The van der Waals surface area contributed by atoms with Crippen molar-refractivity contribution in [3.05, 3.63) is 35.4 Å². The first-order valence-electron chi connectivity index (χ1n) is 5.43. The van der Waals surface area contributed by atoms with Gasteiger partial charge in [-0.25, -0.2) is 0 Å². The summed E-state index contributed by atoms with van der Waals surface area (Å²) in [5.41, 5.74) is 2.65. The molecule has 1 atom stereocenters. The van der Waals surface area contributed by atoms with Crippen molar-refractivity contribution in [1.29, 1.82) is 0 Å². The van der Waals surface area contributed by atoms with Crippen molar-refractivity contribution in [2.45, 2.75) is 33.2 Å². The molecular weight excluding hydrogens is 182 g/mol. The molecule has 0 aromatic heterocycles. The van der Waals surface area contributed by atoms with E-state index < -0.39 is 0 Å². The number of nitrogens with one attached hydrogen (secondary N) is 1. The Morgan fingerprint density at radius 3 is 2.53 bits per heavy atom. The fourth-order valence-corrected chi connectivity index (χ4v) is 1.45. The van der Waals surface area contributed by atoms with Crippen LogP contribution in [-0.4, -0.2) is 6.54 Å². The summed E-state index contributed by atoms with van der Waals surface area (Å²) < 4.78 is 0. The summed E-state index contributed by atoms with van der Waals surface area (Å²) in [7, 11) is 0. The topological polar surface area (TPSA) is 12.0 Å². The fourth-order valence-electron chi connectivity index (χ4n) is 1.45. The standard InChI is InChI=1S/C14H19N/c1-4-5-6-11-15-13(3)14-9-7-12(2)8-10-14/h7-10,13,15H,6,11H2,1-3H3/t13-/m0/s1. The summed E-state index contributed by atoms with van der Waals surface area (Å²) in [5.74, 6) is 5.95. The first-order valence-corrected chi connectivity index (χ1v) is 5.43. The summed E-state index contributed by atoms with van der Waals surface area (Å²) >= 11 is 0. The van der Waals surface area contributed by atoms with E-state index in [1.807, 2.05) is 6.92 Å². The molecule has 0 saturated heterocycles. The van der Waals surface area contributed by atoms with Crippen LogP contribution in [0.1, 0.15) is 37.4 Å². The van der Waals surface area contributed by atoms with E-state index in [0.717, 1.165) is 13.0 Å². The van der Waals surface area contributed by atoms with Crippen molar-refractivity contribution in [1.82, 2.24) is 5.32 Å². The van der Waals surface area contributed by atoms with Crippen molar-refractivity contribution in [2.75, 3.05) is 6.54 Å². The largest absolute Gasteiger partial charge is 0.309 e. The van der Waals surface area contributed by atoms with Crippen LogP contribution < -0.4 is 5.32 Å². The van der Waals surface area contributed by atoms with Gasteiger partial charge >= 0.3 is 0 Å². The van der Waals surface area contributed by atoms with E-state index in [0.29, 0.717) is 6.04 Å². The van der Waals surface area contributed by atoms with Crippen molar-refractivity contribution >= 4 is 0 Å². The molecule has 0 spiro atoms. The van der Waals surface area contributed by atoms with Gasteiger partial charge in [0.15, 0.2) is 0 Å².